The first-order valence-electron chi connectivity index (χ1n) is 12.8. The molecule has 0 unspecified atom stereocenters. The summed E-state index contributed by atoms with van der Waals surface area (Å²) < 4.78 is 13.1. The Morgan fingerprint density at radius 1 is 0.316 bits per heavy atom. The third-order valence-corrected chi connectivity index (χ3v) is 6.98. The highest BCUT2D eigenvalue weighted by atomic mass is 16.5. The van der Waals surface area contributed by atoms with Gasteiger partial charge in [-0.3, -0.25) is 0 Å². The maximum absolute atomic E-state index is 6.65. The smallest absolute Gasteiger partial charge is 0.135 e. The molecule has 0 heterocycles. The summed E-state index contributed by atoms with van der Waals surface area (Å²) in [6.07, 6.45) is 0. The van der Waals surface area contributed by atoms with Crippen molar-refractivity contribution >= 4 is 32.3 Å². The molecule has 0 spiro atoms. The van der Waals surface area contributed by atoms with Gasteiger partial charge in [0, 0.05) is 16.3 Å². The molecule has 180 valence electrons. The van der Waals surface area contributed by atoms with Crippen LogP contribution >= 0.6 is 0 Å². The summed E-state index contributed by atoms with van der Waals surface area (Å²) in [4.78, 5) is 0. The molecule has 0 amide bonds. The van der Waals surface area contributed by atoms with Crippen LogP contribution in [-0.2, 0) is 0 Å². The van der Waals surface area contributed by atoms with Crippen LogP contribution in [0.5, 0.6) is 23.0 Å². The van der Waals surface area contributed by atoms with E-state index >= 15 is 0 Å². The van der Waals surface area contributed by atoms with Crippen LogP contribution in [0.4, 0.5) is 0 Å². The molecule has 0 N–H and O–H groups in total. The molecular weight excluding hydrogens is 464 g/mol. The minimum Gasteiger partial charge on any atom is -0.457 e. The van der Waals surface area contributed by atoms with Gasteiger partial charge in [0.1, 0.15) is 23.0 Å². The number of ether oxygens (including phenoxy) is 2. The second kappa shape index (κ2) is 9.42. The molecule has 7 aromatic rings. The van der Waals surface area contributed by atoms with E-state index in [1.165, 1.54) is 10.8 Å². The van der Waals surface area contributed by atoms with Crippen LogP contribution in [0.3, 0.4) is 0 Å². The maximum atomic E-state index is 6.65. The Balaban J connectivity index is 1.38. The lowest BCUT2D eigenvalue weighted by Crippen LogP contribution is -1.93. The number of fused-ring (bicyclic) bond motifs is 3. The zero-order chi connectivity index (χ0) is 25.3. The van der Waals surface area contributed by atoms with Crippen molar-refractivity contribution in [2.45, 2.75) is 0 Å². The summed E-state index contributed by atoms with van der Waals surface area (Å²) in [6, 6.07) is 49.8. The number of hydrogen-bond acceptors (Lipinski definition) is 2. The predicted molar refractivity (Wildman–Crippen MR) is 157 cm³/mol. The van der Waals surface area contributed by atoms with E-state index in [0.717, 1.165) is 55.7 Å². The molecule has 38 heavy (non-hydrogen) atoms. The summed E-state index contributed by atoms with van der Waals surface area (Å²) in [5.74, 6) is 3.19. The van der Waals surface area contributed by atoms with Crippen LogP contribution < -0.4 is 9.47 Å². The highest BCUT2D eigenvalue weighted by molar-refractivity contribution is 5.98. The van der Waals surface area contributed by atoms with Crippen LogP contribution in [0.15, 0.2) is 146 Å². The van der Waals surface area contributed by atoms with Gasteiger partial charge in [0.05, 0.1) is 0 Å². The van der Waals surface area contributed by atoms with Gasteiger partial charge >= 0.3 is 0 Å². The molecule has 7 aromatic carbocycles. The minimum atomic E-state index is 0.759. The van der Waals surface area contributed by atoms with Gasteiger partial charge < -0.3 is 9.47 Å². The number of rotatable bonds is 5. The minimum absolute atomic E-state index is 0.759. The average molecular weight is 489 g/mol. The molecule has 7 rings (SSSR count). The molecule has 0 aliphatic carbocycles. The van der Waals surface area contributed by atoms with Gasteiger partial charge in [0.2, 0.25) is 0 Å². The summed E-state index contributed by atoms with van der Waals surface area (Å²) in [6.45, 7) is 0. The van der Waals surface area contributed by atoms with Crippen molar-refractivity contribution in [1.29, 1.82) is 0 Å². The Hall–Kier alpha value is -5.08. The van der Waals surface area contributed by atoms with Gasteiger partial charge in [-0.25, -0.2) is 0 Å². The van der Waals surface area contributed by atoms with Crippen molar-refractivity contribution in [2.24, 2.45) is 0 Å². The van der Waals surface area contributed by atoms with Crippen LogP contribution in [0.1, 0.15) is 0 Å². The highest BCUT2D eigenvalue weighted by Gasteiger charge is 2.15. The third kappa shape index (κ3) is 4.03. The SMILES string of the molecule is c1ccc2c(Oc3ccc(Oc4cccc5ccccc45)c(-c4cccc5ccccc45)c3)cccc2c1. The van der Waals surface area contributed by atoms with E-state index in [9.17, 15) is 0 Å². The monoisotopic (exact) mass is 488 g/mol. The Bertz CT molecular complexity index is 1920. The summed E-state index contributed by atoms with van der Waals surface area (Å²) >= 11 is 0. The lowest BCUT2D eigenvalue weighted by atomic mass is 9.97. The van der Waals surface area contributed by atoms with Crippen molar-refractivity contribution < 1.29 is 9.47 Å². The molecule has 0 aromatic heterocycles. The zero-order valence-electron chi connectivity index (χ0n) is 20.7. The standard InChI is InChI=1S/C36H24O2/c1-4-16-29-25(10-1)13-7-19-32(29)33-24-28(37-34-20-8-14-26-11-2-5-17-30(26)34)22-23-36(33)38-35-21-9-15-27-12-3-6-18-31(27)35/h1-24H. The highest BCUT2D eigenvalue weighted by Crippen LogP contribution is 2.42. The van der Waals surface area contributed by atoms with E-state index in [-0.39, 0.29) is 0 Å². The summed E-state index contributed by atoms with van der Waals surface area (Å²) in [5.41, 5.74) is 2.08. The third-order valence-electron chi connectivity index (χ3n) is 6.98. The van der Waals surface area contributed by atoms with Crippen molar-refractivity contribution in [3.63, 3.8) is 0 Å². The van der Waals surface area contributed by atoms with E-state index < -0.39 is 0 Å². The first-order chi connectivity index (χ1) is 18.8. The average Bonchev–Trinajstić information content (AvgIpc) is 2.98. The molecule has 0 saturated heterocycles. The van der Waals surface area contributed by atoms with E-state index in [2.05, 4.69) is 84.9 Å². The quantitative estimate of drug-likeness (QED) is 0.240. The van der Waals surface area contributed by atoms with Gasteiger partial charge in [-0.05, 0) is 57.4 Å². The fourth-order valence-electron chi connectivity index (χ4n) is 5.15. The Morgan fingerprint density at radius 2 is 0.816 bits per heavy atom. The molecule has 0 radical (unpaired) electrons. The van der Waals surface area contributed by atoms with E-state index in [1.807, 2.05) is 60.7 Å². The second-order valence-corrected chi connectivity index (χ2v) is 9.34. The Kier molecular flexibility index (Phi) is 5.49. The zero-order valence-corrected chi connectivity index (χ0v) is 20.7. The van der Waals surface area contributed by atoms with Crippen LogP contribution in [-0.4, -0.2) is 0 Å². The van der Waals surface area contributed by atoms with Gasteiger partial charge in [0.15, 0.2) is 0 Å². The topological polar surface area (TPSA) is 18.5 Å². The predicted octanol–water partition coefficient (Wildman–Crippen LogP) is 10.4. The molecule has 0 aliphatic rings. The van der Waals surface area contributed by atoms with E-state index in [4.69, 9.17) is 9.47 Å². The second-order valence-electron chi connectivity index (χ2n) is 9.34. The number of benzene rings is 7. The normalized spacial score (nSPS) is 11.2. The van der Waals surface area contributed by atoms with Crippen molar-refractivity contribution in [1.82, 2.24) is 0 Å². The van der Waals surface area contributed by atoms with E-state index in [0.29, 0.717) is 0 Å². The fraction of sp³-hybridized carbons (Fsp3) is 0. The van der Waals surface area contributed by atoms with Gasteiger partial charge in [0.25, 0.3) is 0 Å². The Morgan fingerprint density at radius 3 is 1.47 bits per heavy atom. The first kappa shape index (κ1) is 22.1. The summed E-state index contributed by atoms with van der Waals surface area (Å²) in [5, 5.41) is 6.80. The molecule has 2 nitrogen and oxygen atoms in total. The Labute approximate surface area is 221 Å². The number of hydrogen-bond donors (Lipinski definition) is 0. The molecule has 0 bridgehead atoms. The van der Waals surface area contributed by atoms with Gasteiger partial charge in [-0.15, -0.1) is 0 Å². The van der Waals surface area contributed by atoms with Crippen molar-refractivity contribution in [3.05, 3.63) is 146 Å². The van der Waals surface area contributed by atoms with E-state index in [1.54, 1.807) is 0 Å². The molecule has 0 fully saturated rings. The molecular formula is C36H24O2. The molecule has 0 aliphatic heterocycles. The fourth-order valence-corrected chi connectivity index (χ4v) is 5.15. The van der Waals surface area contributed by atoms with Gasteiger partial charge in [-0.2, -0.15) is 0 Å². The van der Waals surface area contributed by atoms with Crippen molar-refractivity contribution in [2.75, 3.05) is 0 Å². The van der Waals surface area contributed by atoms with Crippen molar-refractivity contribution in [3.8, 4) is 34.1 Å². The van der Waals surface area contributed by atoms with Crippen LogP contribution in [0.25, 0.3) is 43.4 Å². The van der Waals surface area contributed by atoms with Crippen LogP contribution in [0.2, 0.25) is 0 Å². The van der Waals surface area contributed by atoms with Gasteiger partial charge in [-0.1, -0.05) is 115 Å². The summed E-state index contributed by atoms with van der Waals surface area (Å²) in [7, 11) is 0. The molecule has 0 saturated carbocycles. The lowest BCUT2D eigenvalue weighted by Gasteiger charge is -2.17. The maximum Gasteiger partial charge on any atom is 0.135 e. The molecule has 0 atom stereocenters. The largest absolute Gasteiger partial charge is 0.457 e. The van der Waals surface area contributed by atoms with Crippen LogP contribution in [0, 0.1) is 0 Å². The first-order valence-corrected chi connectivity index (χ1v) is 12.8. The molecule has 2 heteroatoms. The lowest BCUT2D eigenvalue weighted by molar-refractivity contribution is 0.476.